The smallest absolute Gasteiger partial charge is 0.248 e. The number of hydrogen-bond donors (Lipinski definition) is 1. The first kappa shape index (κ1) is 7.54. The highest BCUT2D eigenvalue weighted by Crippen LogP contribution is 2.03. The van der Waals surface area contributed by atoms with Crippen LogP contribution in [0.5, 0.6) is 0 Å². The largest absolute Gasteiger partial charge is 0.366 e. The Kier molecular flexibility index (Phi) is 2.06. The van der Waals surface area contributed by atoms with Crippen molar-refractivity contribution in [2.45, 2.75) is 0 Å². The van der Waals surface area contributed by atoms with Crippen molar-refractivity contribution in [1.82, 2.24) is 0 Å². The van der Waals surface area contributed by atoms with Crippen LogP contribution in [0.15, 0.2) is 30.8 Å². The molecule has 0 saturated carbocycles. The van der Waals surface area contributed by atoms with Gasteiger partial charge in [0.05, 0.1) is 0 Å². The van der Waals surface area contributed by atoms with E-state index in [-0.39, 0.29) is 0 Å². The van der Waals surface area contributed by atoms with Crippen LogP contribution in [0.1, 0.15) is 15.9 Å². The molecule has 0 atom stereocenters. The number of carbonyl (C=O) groups is 1. The predicted molar refractivity (Wildman–Crippen MR) is 45.1 cm³/mol. The second-order valence-corrected chi connectivity index (χ2v) is 2.19. The van der Waals surface area contributed by atoms with Gasteiger partial charge in [-0.25, -0.2) is 0 Å². The second-order valence-electron chi connectivity index (χ2n) is 2.19. The average Bonchev–Trinajstić information content (AvgIpc) is 2.05. The van der Waals surface area contributed by atoms with Crippen LogP contribution in [0.3, 0.4) is 0 Å². The fourth-order valence-corrected chi connectivity index (χ4v) is 0.783. The standard InChI is InChI=1S/C9H9NO/c1-2-7-3-5-8(6-4-7)9(10)11/h2-6H,1H2,(H2,10,11). The van der Waals surface area contributed by atoms with Crippen molar-refractivity contribution in [2.24, 2.45) is 5.73 Å². The maximum absolute atomic E-state index is 10.6. The lowest BCUT2D eigenvalue weighted by Gasteiger charge is -1.94. The van der Waals surface area contributed by atoms with Gasteiger partial charge in [-0.3, -0.25) is 4.79 Å². The number of nitrogens with two attached hydrogens (primary N) is 1. The highest BCUT2D eigenvalue weighted by molar-refractivity contribution is 5.92. The van der Waals surface area contributed by atoms with Gasteiger partial charge in [0.15, 0.2) is 0 Å². The molecular formula is C9H9NO. The van der Waals surface area contributed by atoms with Gasteiger partial charge in [0.1, 0.15) is 0 Å². The molecule has 56 valence electrons. The quantitative estimate of drug-likeness (QED) is 0.675. The Morgan fingerprint density at radius 3 is 2.27 bits per heavy atom. The minimum absolute atomic E-state index is 0.402. The minimum atomic E-state index is -0.402. The third-order valence-corrected chi connectivity index (χ3v) is 1.43. The van der Waals surface area contributed by atoms with Crippen LogP contribution >= 0.6 is 0 Å². The van der Waals surface area contributed by atoms with Crippen molar-refractivity contribution < 1.29 is 4.79 Å². The van der Waals surface area contributed by atoms with Crippen LogP contribution in [0.25, 0.3) is 6.08 Å². The van der Waals surface area contributed by atoms with Gasteiger partial charge in [-0.1, -0.05) is 24.8 Å². The molecular weight excluding hydrogens is 138 g/mol. The number of benzene rings is 1. The van der Waals surface area contributed by atoms with E-state index in [2.05, 4.69) is 6.58 Å². The van der Waals surface area contributed by atoms with Crippen LogP contribution in [0.4, 0.5) is 0 Å². The van der Waals surface area contributed by atoms with Gasteiger partial charge in [0, 0.05) is 5.56 Å². The lowest BCUT2D eigenvalue weighted by Crippen LogP contribution is -2.10. The van der Waals surface area contributed by atoms with E-state index in [1.54, 1.807) is 30.3 Å². The summed E-state index contributed by atoms with van der Waals surface area (Å²) in [6.45, 7) is 3.59. The first-order valence-electron chi connectivity index (χ1n) is 3.26. The molecule has 0 spiro atoms. The SMILES string of the molecule is C=Cc1ccc(C(N)=O)cc1. The monoisotopic (exact) mass is 147 g/mol. The molecule has 11 heavy (non-hydrogen) atoms. The highest BCUT2D eigenvalue weighted by atomic mass is 16.1. The molecule has 1 aromatic rings. The van der Waals surface area contributed by atoms with E-state index in [1.807, 2.05) is 0 Å². The molecule has 0 heterocycles. The van der Waals surface area contributed by atoms with E-state index in [9.17, 15) is 4.79 Å². The zero-order chi connectivity index (χ0) is 8.27. The van der Waals surface area contributed by atoms with E-state index >= 15 is 0 Å². The molecule has 0 aliphatic heterocycles. The molecule has 0 radical (unpaired) electrons. The Balaban J connectivity index is 3.00. The molecule has 2 N–H and O–H groups in total. The number of rotatable bonds is 2. The second kappa shape index (κ2) is 3.01. The van der Waals surface area contributed by atoms with Gasteiger partial charge >= 0.3 is 0 Å². The predicted octanol–water partition coefficient (Wildman–Crippen LogP) is 1.43. The third-order valence-electron chi connectivity index (χ3n) is 1.43. The summed E-state index contributed by atoms with van der Waals surface area (Å²) in [5.74, 6) is -0.402. The van der Waals surface area contributed by atoms with Crippen LogP contribution in [0, 0.1) is 0 Å². The first-order valence-corrected chi connectivity index (χ1v) is 3.26. The summed E-state index contributed by atoms with van der Waals surface area (Å²) in [4.78, 5) is 10.6. The summed E-state index contributed by atoms with van der Waals surface area (Å²) in [5.41, 5.74) is 6.55. The maximum Gasteiger partial charge on any atom is 0.248 e. The molecule has 2 heteroatoms. The van der Waals surface area contributed by atoms with E-state index in [4.69, 9.17) is 5.73 Å². The van der Waals surface area contributed by atoms with Gasteiger partial charge in [-0.05, 0) is 17.7 Å². The van der Waals surface area contributed by atoms with E-state index in [0.29, 0.717) is 5.56 Å². The Morgan fingerprint density at radius 1 is 1.36 bits per heavy atom. The van der Waals surface area contributed by atoms with Crippen LogP contribution in [-0.2, 0) is 0 Å². The average molecular weight is 147 g/mol. The van der Waals surface area contributed by atoms with Gasteiger partial charge in [0.25, 0.3) is 0 Å². The molecule has 0 saturated heterocycles. The summed E-state index contributed by atoms with van der Waals surface area (Å²) in [6.07, 6.45) is 1.71. The van der Waals surface area contributed by atoms with E-state index < -0.39 is 5.91 Å². The Labute approximate surface area is 65.3 Å². The topological polar surface area (TPSA) is 43.1 Å². The van der Waals surface area contributed by atoms with Gasteiger partial charge in [-0.2, -0.15) is 0 Å². The summed E-state index contributed by atoms with van der Waals surface area (Å²) in [7, 11) is 0. The summed E-state index contributed by atoms with van der Waals surface area (Å²) in [6, 6.07) is 6.96. The minimum Gasteiger partial charge on any atom is -0.366 e. The Hall–Kier alpha value is -1.57. The molecule has 0 bridgehead atoms. The maximum atomic E-state index is 10.6. The number of primary amides is 1. The van der Waals surface area contributed by atoms with Gasteiger partial charge in [0.2, 0.25) is 5.91 Å². The highest BCUT2D eigenvalue weighted by Gasteiger charge is 1.96. The number of carbonyl (C=O) groups excluding carboxylic acids is 1. The summed E-state index contributed by atoms with van der Waals surface area (Å²) >= 11 is 0. The summed E-state index contributed by atoms with van der Waals surface area (Å²) in [5, 5.41) is 0. The number of hydrogen-bond acceptors (Lipinski definition) is 1. The molecule has 0 aliphatic rings. The molecule has 1 amide bonds. The Bertz CT molecular complexity index is 274. The molecule has 0 aromatic heterocycles. The van der Waals surface area contributed by atoms with E-state index in [1.165, 1.54) is 0 Å². The fourth-order valence-electron chi connectivity index (χ4n) is 0.783. The third kappa shape index (κ3) is 1.67. The van der Waals surface area contributed by atoms with Crippen LogP contribution < -0.4 is 5.73 Å². The lowest BCUT2D eigenvalue weighted by molar-refractivity contribution is 0.100. The van der Waals surface area contributed by atoms with Gasteiger partial charge in [-0.15, -0.1) is 0 Å². The van der Waals surface area contributed by atoms with Crippen molar-refractivity contribution >= 4 is 12.0 Å². The Morgan fingerprint density at radius 2 is 1.91 bits per heavy atom. The van der Waals surface area contributed by atoms with Crippen molar-refractivity contribution in [3.8, 4) is 0 Å². The van der Waals surface area contributed by atoms with Crippen molar-refractivity contribution in [2.75, 3.05) is 0 Å². The molecule has 1 aromatic carbocycles. The molecule has 1 rings (SSSR count). The summed E-state index contributed by atoms with van der Waals surface area (Å²) < 4.78 is 0. The van der Waals surface area contributed by atoms with Crippen molar-refractivity contribution in [3.63, 3.8) is 0 Å². The van der Waals surface area contributed by atoms with Crippen LogP contribution in [-0.4, -0.2) is 5.91 Å². The fraction of sp³-hybridized carbons (Fsp3) is 0. The molecule has 0 aliphatic carbocycles. The van der Waals surface area contributed by atoms with Crippen LogP contribution in [0.2, 0.25) is 0 Å². The molecule has 0 unspecified atom stereocenters. The zero-order valence-corrected chi connectivity index (χ0v) is 6.08. The van der Waals surface area contributed by atoms with Crippen molar-refractivity contribution in [3.05, 3.63) is 42.0 Å². The molecule has 2 nitrogen and oxygen atoms in total. The van der Waals surface area contributed by atoms with Gasteiger partial charge < -0.3 is 5.73 Å². The van der Waals surface area contributed by atoms with E-state index in [0.717, 1.165) is 5.56 Å². The first-order chi connectivity index (χ1) is 5.24. The van der Waals surface area contributed by atoms with Crippen molar-refractivity contribution in [1.29, 1.82) is 0 Å². The zero-order valence-electron chi connectivity index (χ0n) is 6.08. The normalized spacial score (nSPS) is 9.09. The lowest BCUT2D eigenvalue weighted by atomic mass is 10.1. The molecule has 0 fully saturated rings. The number of amides is 1.